The molecule has 184 valence electrons. The molecule has 6 atom stereocenters. The second kappa shape index (κ2) is 8.83. The second-order valence-electron chi connectivity index (χ2n) is 10.0. The highest BCUT2D eigenvalue weighted by molar-refractivity contribution is 7.16. The molecule has 7 nitrogen and oxygen atoms in total. The van der Waals surface area contributed by atoms with Gasteiger partial charge < -0.3 is 24.0 Å². The van der Waals surface area contributed by atoms with Crippen LogP contribution < -0.4 is 9.47 Å². The van der Waals surface area contributed by atoms with E-state index in [0.717, 1.165) is 37.3 Å². The summed E-state index contributed by atoms with van der Waals surface area (Å²) in [6, 6.07) is 4.11. The van der Waals surface area contributed by atoms with Crippen molar-refractivity contribution in [1.29, 1.82) is 0 Å². The molecule has 2 unspecified atom stereocenters. The second-order valence-corrected chi connectivity index (χ2v) is 10.6. The number of carbonyl (C=O) groups is 2. The molecule has 0 N–H and O–H groups in total. The number of ether oxygens (including phenoxy) is 3. The van der Waals surface area contributed by atoms with Crippen LogP contribution in [-0.4, -0.2) is 73.8 Å². The average Bonchev–Trinajstić information content (AvgIpc) is 3.18. The first-order valence-electron chi connectivity index (χ1n) is 12.3. The van der Waals surface area contributed by atoms with Crippen molar-refractivity contribution in [3.63, 3.8) is 0 Å². The van der Waals surface area contributed by atoms with Crippen LogP contribution in [0.25, 0.3) is 0 Å². The van der Waals surface area contributed by atoms with Gasteiger partial charge in [-0.15, -0.1) is 9.24 Å². The highest BCUT2D eigenvalue weighted by atomic mass is 31.0. The van der Waals surface area contributed by atoms with Crippen LogP contribution in [0.4, 0.5) is 4.79 Å². The fourth-order valence-corrected chi connectivity index (χ4v) is 7.17. The van der Waals surface area contributed by atoms with Crippen LogP contribution in [0.3, 0.4) is 0 Å². The maximum absolute atomic E-state index is 13.2. The van der Waals surface area contributed by atoms with Crippen molar-refractivity contribution in [3.8, 4) is 11.5 Å². The Kier molecular flexibility index (Phi) is 6.14. The van der Waals surface area contributed by atoms with Gasteiger partial charge in [0.2, 0.25) is 0 Å². The highest BCUT2D eigenvalue weighted by Gasteiger charge is 2.64. The van der Waals surface area contributed by atoms with Crippen molar-refractivity contribution in [2.75, 3.05) is 33.9 Å². The van der Waals surface area contributed by atoms with Gasteiger partial charge in [-0.25, -0.2) is 4.79 Å². The van der Waals surface area contributed by atoms with Crippen molar-refractivity contribution in [2.24, 2.45) is 5.92 Å². The topological polar surface area (TPSA) is 68.3 Å². The molecule has 4 aliphatic rings. The van der Waals surface area contributed by atoms with Crippen molar-refractivity contribution in [1.82, 2.24) is 9.80 Å². The largest absolute Gasteiger partial charge is 0.493 e. The number of likely N-dealkylation sites (N-methyl/N-ethyl adjacent to an activating group) is 2. The van der Waals surface area contributed by atoms with E-state index in [2.05, 4.69) is 27.3 Å². The summed E-state index contributed by atoms with van der Waals surface area (Å²) in [7, 11) is 8.10. The van der Waals surface area contributed by atoms with Crippen LogP contribution in [-0.2, 0) is 21.4 Å². The first-order valence-corrected chi connectivity index (χ1v) is 13.1. The number of amides is 1. The SMILES string of the molecule is CCC(C(=O)CCP)N(C)C(=O)OC1=CC[C@H]2[C@H]3Cc4ccc(OC)c5c4[C@@]2(CCN3C)[C@H]1O5. The summed E-state index contributed by atoms with van der Waals surface area (Å²) in [5.41, 5.74) is 2.34. The van der Waals surface area contributed by atoms with Gasteiger partial charge in [0.15, 0.2) is 23.4 Å². The molecule has 8 heteroatoms. The summed E-state index contributed by atoms with van der Waals surface area (Å²) in [5, 5.41) is 0. The van der Waals surface area contributed by atoms with Gasteiger partial charge in [-0.2, -0.15) is 0 Å². The number of Topliss-reactive ketones (excluding diaryl/α,β-unsaturated/α-hetero) is 1. The Balaban J connectivity index is 1.49. The predicted molar refractivity (Wildman–Crippen MR) is 133 cm³/mol. The number of piperidine rings is 1. The molecule has 2 aliphatic carbocycles. The third-order valence-corrected chi connectivity index (χ3v) is 8.83. The summed E-state index contributed by atoms with van der Waals surface area (Å²) in [6.07, 6.45) is 5.60. The molecule has 1 aromatic rings. The lowest BCUT2D eigenvalue weighted by molar-refractivity contribution is -0.123. The first kappa shape index (κ1) is 23.6. The van der Waals surface area contributed by atoms with Gasteiger partial charge in [-0.1, -0.05) is 13.0 Å². The third-order valence-electron chi connectivity index (χ3n) is 8.54. The minimum Gasteiger partial charge on any atom is -0.493 e. The van der Waals surface area contributed by atoms with Crippen LogP contribution in [0.15, 0.2) is 24.0 Å². The van der Waals surface area contributed by atoms with E-state index in [1.54, 1.807) is 14.2 Å². The monoisotopic (exact) mass is 486 g/mol. The van der Waals surface area contributed by atoms with E-state index in [0.29, 0.717) is 36.7 Å². The van der Waals surface area contributed by atoms with Crippen molar-refractivity contribution in [3.05, 3.63) is 35.1 Å². The molecule has 1 spiro atoms. The van der Waals surface area contributed by atoms with E-state index in [1.807, 2.05) is 19.1 Å². The average molecular weight is 487 g/mol. The van der Waals surface area contributed by atoms with E-state index in [-0.39, 0.29) is 17.3 Å². The van der Waals surface area contributed by atoms with Gasteiger partial charge in [-0.05, 0) is 69.1 Å². The molecule has 1 fully saturated rings. The molecule has 0 aromatic heterocycles. The minimum absolute atomic E-state index is 0.0533. The van der Waals surface area contributed by atoms with Gasteiger partial charge in [0.05, 0.1) is 13.2 Å². The zero-order valence-electron chi connectivity index (χ0n) is 20.5. The predicted octanol–water partition coefficient (Wildman–Crippen LogP) is 3.54. The van der Waals surface area contributed by atoms with Gasteiger partial charge in [-0.3, -0.25) is 4.79 Å². The van der Waals surface area contributed by atoms with E-state index >= 15 is 0 Å². The number of ketones is 1. The van der Waals surface area contributed by atoms with Crippen LogP contribution in [0.2, 0.25) is 0 Å². The zero-order chi connectivity index (χ0) is 24.2. The molecule has 34 heavy (non-hydrogen) atoms. The standard InChI is InChI=1S/C26H35N2O5P/c1-5-17(19(29)10-13-34)28(3)25(30)32-21-9-7-16-18-14-15-6-8-20(31-4)23-22(15)26(16,24(21)33-23)11-12-27(18)2/h6,8-9,16-18,24H,5,7,10-14,34H2,1-4H3/t16-,17?,18+,24-,26-/m0/s1. The summed E-state index contributed by atoms with van der Waals surface area (Å²) in [4.78, 5) is 29.7. The van der Waals surface area contributed by atoms with E-state index in [4.69, 9.17) is 14.2 Å². The number of benzene rings is 1. The molecule has 1 amide bonds. The fraction of sp³-hybridized carbons (Fsp3) is 0.615. The molecule has 0 saturated carbocycles. The number of allylic oxidation sites excluding steroid dienone is 1. The normalized spacial score (nSPS) is 29.4. The molecule has 2 bridgehead atoms. The number of carbonyl (C=O) groups excluding carboxylic acids is 2. The quantitative estimate of drug-likeness (QED) is 0.550. The lowest BCUT2D eigenvalue weighted by atomic mass is 9.53. The van der Waals surface area contributed by atoms with Gasteiger partial charge >= 0.3 is 6.09 Å². The van der Waals surface area contributed by atoms with E-state index in [1.165, 1.54) is 16.0 Å². The van der Waals surface area contributed by atoms with E-state index < -0.39 is 12.1 Å². The van der Waals surface area contributed by atoms with Crippen LogP contribution in [0, 0.1) is 5.92 Å². The molecule has 1 aromatic carbocycles. The maximum atomic E-state index is 13.2. The molecule has 5 rings (SSSR count). The summed E-state index contributed by atoms with van der Waals surface area (Å²) < 4.78 is 18.3. The number of hydrogen-bond acceptors (Lipinski definition) is 6. The molecule has 1 saturated heterocycles. The first-order chi connectivity index (χ1) is 16.4. The van der Waals surface area contributed by atoms with Crippen molar-refractivity contribution < 1.29 is 23.8 Å². The highest BCUT2D eigenvalue weighted by Crippen LogP contribution is 2.63. The van der Waals surface area contributed by atoms with Crippen LogP contribution in [0.1, 0.15) is 43.7 Å². The van der Waals surface area contributed by atoms with Gasteiger partial charge in [0, 0.05) is 30.5 Å². The summed E-state index contributed by atoms with van der Waals surface area (Å²) in [6.45, 7) is 2.89. The zero-order valence-corrected chi connectivity index (χ0v) is 21.7. The van der Waals surface area contributed by atoms with Crippen LogP contribution >= 0.6 is 9.24 Å². The molecule has 2 heterocycles. The number of likely N-dealkylation sites (tertiary alicyclic amines) is 1. The summed E-state index contributed by atoms with van der Waals surface area (Å²) >= 11 is 0. The Labute approximate surface area is 204 Å². The lowest BCUT2D eigenvalue weighted by Gasteiger charge is -2.56. The third kappa shape index (κ3) is 3.30. The Morgan fingerprint density at radius 1 is 1.38 bits per heavy atom. The maximum Gasteiger partial charge on any atom is 0.415 e. The van der Waals surface area contributed by atoms with Crippen molar-refractivity contribution in [2.45, 2.75) is 62.6 Å². The minimum atomic E-state index is -0.503. The van der Waals surface area contributed by atoms with Gasteiger partial charge in [0.1, 0.15) is 5.76 Å². The Hall–Kier alpha value is -2.11. The molecule has 0 radical (unpaired) electrons. The van der Waals surface area contributed by atoms with Gasteiger partial charge in [0.25, 0.3) is 0 Å². The molecule has 2 aliphatic heterocycles. The lowest BCUT2D eigenvalue weighted by Crippen LogP contribution is -2.63. The Bertz CT molecular complexity index is 1040. The number of rotatable bonds is 7. The number of methoxy groups -OCH3 is 1. The Morgan fingerprint density at radius 2 is 2.18 bits per heavy atom. The number of nitrogens with zero attached hydrogens (tertiary/aromatic N) is 2. The summed E-state index contributed by atoms with van der Waals surface area (Å²) in [5.74, 6) is 2.55. The fourth-order valence-electron chi connectivity index (χ4n) is 6.89. The molecular weight excluding hydrogens is 451 g/mol. The van der Waals surface area contributed by atoms with Crippen LogP contribution in [0.5, 0.6) is 11.5 Å². The van der Waals surface area contributed by atoms with E-state index in [9.17, 15) is 9.59 Å². The smallest absolute Gasteiger partial charge is 0.415 e. The van der Waals surface area contributed by atoms with Crippen molar-refractivity contribution >= 4 is 21.1 Å². The number of hydrogen-bond donors (Lipinski definition) is 0. The molecular formula is C26H35N2O5P. The Morgan fingerprint density at radius 3 is 2.88 bits per heavy atom.